The van der Waals surface area contributed by atoms with E-state index in [2.05, 4.69) is 15.5 Å². The Morgan fingerprint density at radius 3 is 2.79 bits per heavy atom. The van der Waals surface area contributed by atoms with E-state index in [4.69, 9.17) is 9.15 Å². The van der Waals surface area contributed by atoms with Gasteiger partial charge in [-0.15, -0.1) is 5.10 Å². The number of hydrogen-bond acceptors (Lipinski definition) is 6. The van der Waals surface area contributed by atoms with E-state index in [-0.39, 0.29) is 0 Å². The van der Waals surface area contributed by atoms with Gasteiger partial charge in [0.1, 0.15) is 0 Å². The van der Waals surface area contributed by atoms with E-state index in [9.17, 15) is 0 Å². The zero-order valence-electron chi connectivity index (χ0n) is 11.2. The van der Waals surface area contributed by atoms with E-state index >= 15 is 0 Å². The molecule has 102 valence electrons. The van der Waals surface area contributed by atoms with E-state index in [1.807, 2.05) is 42.3 Å². The molecule has 0 spiro atoms. The lowest BCUT2D eigenvalue weighted by molar-refractivity contribution is 0.198. The third-order valence-corrected chi connectivity index (χ3v) is 2.65. The minimum absolute atomic E-state index is 0.481. The zero-order chi connectivity index (χ0) is 13.5. The topological polar surface area (TPSA) is 63.4 Å². The number of anilines is 2. The first-order chi connectivity index (χ1) is 9.31. The number of nitrogens with zero attached hydrogens (tertiary/aromatic N) is 3. The van der Waals surface area contributed by atoms with Crippen molar-refractivity contribution in [3.05, 3.63) is 36.2 Å². The molecule has 2 aromatic rings. The van der Waals surface area contributed by atoms with Crippen LogP contribution in [0.5, 0.6) is 0 Å². The van der Waals surface area contributed by atoms with Gasteiger partial charge in [0.25, 0.3) is 0 Å². The van der Waals surface area contributed by atoms with Gasteiger partial charge in [0, 0.05) is 26.4 Å². The van der Waals surface area contributed by atoms with Crippen LogP contribution in [0.1, 0.15) is 5.89 Å². The molecule has 0 aliphatic carbocycles. The molecule has 0 aliphatic heterocycles. The van der Waals surface area contributed by atoms with Crippen molar-refractivity contribution in [2.45, 2.75) is 6.54 Å². The van der Waals surface area contributed by atoms with E-state index < -0.39 is 0 Å². The molecule has 1 aromatic carbocycles. The Hall–Kier alpha value is -1.92. The molecule has 6 nitrogen and oxygen atoms in total. The Bertz CT molecular complexity index is 486. The number of ether oxygens (including phenoxy) is 1. The Morgan fingerprint density at radius 2 is 2.05 bits per heavy atom. The number of methoxy groups -OCH3 is 1. The monoisotopic (exact) mass is 262 g/mol. The summed E-state index contributed by atoms with van der Waals surface area (Å²) >= 11 is 0. The highest BCUT2D eigenvalue weighted by Crippen LogP contribution is 2.21. The smallest absolute Gasteiger partial charge is 0.322 e. The Morgan fingerprint density at radius 1 is 1.26 bits per heavy atom. The van der Waals surface area contributed by atoms with Crippen molar-refractivity contribution in [2.24, 2.45) is 0 Å². The summed E-state index contributed by atoms with van der Waals surface area (Å²) < 4.78 is 10.5. The molecule has 0 radical (unpaired) electrons. The zero-order valence-corrected chi connectivity index (χ0v) is 11.2. The molecule has 0 atom stereocenters. The van der Waals surface area contributed by atoms with E-state index in [1.54, 1.807) is 7.11 Å². The van der Waals surface area contributed by atoms with Crippen LogP contribution in [0.4, 0.5) is 11.7 Å². The van der Waals surface area contributed by atoms with Crippen LogP contribution in [0.3, 0.4) is 0 Å². The standard InChI is InChI=1S/C13H18N4O2/c1-17(11-6-4-3-5-7-11)13-16-15-12(19-13)10-14-8-9-18-2/h3-7,14H,8-10H2,1-2H3. The molecule has 0 fully saturated rings. The molecule has 0 bridgehead atoms. The van der Waals surface area contributed by atoms with Crippen LogP contribution in [0, 0.1) is 0 Å². The van der Waals surface area contributed by atoms with E-state index in [0.29, 0.717) is 25.1 Å². The fourth-order valence-corrected chi connectivity index (χ4v) is 1.58. The van der Waals surface area contributed by atoms with Gasteiger partial charge in [-0.3, -0.25) is 4.90 Å². The number of rotatable bonds is 7. The third kappa shape index (κ3) is 3.77. The SMILES string of the molecule is COCCNCc1nnc(N(C)c2ccccc2)o1. The quantitative estimate of drug-likeness (QED) is 0.764. The van der Waals surface area contributed by atoms with Gasteiger partial charge in [0.2, 0.25) is 5.89 Å². The lowest BCUT2D eigenvalue weighted by Gasteiger charge is -2.13. The average Bonchev–Trinajstić information content (AvgIpc) is 2.92. The number of para-hydroxylation sites is 1. The summed E-state index contributed by atoms with van der Waals surface area (Å²) in [6.45, 7) is 1.95. The first-order valence-corrected chi connectivity index (χ1v) is 6.12. The molecule has 0 aliphatic rings. The van der Waals surface area contributed by atoms with Crippen LogP contribution in [0.2, 0.25) is 0 Å². The van der Waals surface area contributed by atoms with Gasteiger partial charge in [0.15, 0.2) is 0 Å². The number of hydrogen-bond donors (Lipinski definition) is 1. The molecule has 0 unspecified atom stereocenters. The Labute approximate surface area is 112 Å². The summed E-state index contributed by atoms with van der Waals surface area (Å²) in [6.07, 6.45) is 0. The van der Waals surface area contributed by atoms with Gasteiger partial charge in [-0.2, -0.15) is 0 Å². The summed E-state index contributed by atoms with van der Waals surface area (Å²) in [5, 5.41) is 11.2. The van der Waals surface area contributed by atoms with Gasteiger partial charge in [-0.25, -0.2) is 0 Å². The van der Waals surface area contributed by atoms with Crippen molar-refractivity contribution in [1.29, 1.82) is 0 Å². The predicted octanol–water partition coefficient (Wildman–Crippen LogP) is 1.57. The van der Waals surface area contributed by atoms with Crippen molar-refractivity contribution in [2.75, 3.05) is 32.2 Å². The summed E-state index contributed by atoms with van der Waals surface area (Å²) in [5.74, 6) is 0.564. The molecule has 6 heteroatoms. The first-order valence-electron chi connectivity index (χ1n) is 6.12. The molecular formula is C13H18N4O2. The number of nitrogens with one attached hydrogen (secondary N) is 1. The van der Waals surface area contributed by atoms with Crippen LogP contribution in [0.25, 0.3) is 0 Å². The second-order valence-corrected chi connectivity index (χ2v) is 4.04. The van der Waals surface area contributed by atoms with Gasteiger partial charge in [-0.05, 0) is 12.1 Å². The molecule has 2 rings (SSSR count). The fraction of sp³-hybridized carbons (Fsp3) is 0.385. The Kier molecular flexibility index (Phi) is 4.88. The molecular weight excluding hydrogens is 244 g/mol. The Balaban J connectivity index is 1.93. The lowest BCUT2D eigenvalue weighted by Crippen LogP contribution is -2.18. The van der Waals surface area contributed by atoms with Crippen LogP contribution >= 0.6 is 0 Å². The van der Waals surface area contributed by atoms with Crippen LogP contribution in [0.15, 0.2) is 34.7 Å². The van der Waals surface area contributed by atoms with Gasteiger partial charge >= 0.3 is 6.01 Å². The van der Waals surface area contributed by atoms with Gasteiger partial charge < -0.3 is 14.5 Å². The van der Waals surface area contributed by atoms with Crippen LogP contribution in [-0.4, -0.2) is 37.5 Å². The number of benzene rings is 1. The maximum atomic E-state index is 5.58. The predicted molar refractivity (Wildman–Crippen MR) is 72.4 cm³/mol. The molecule has 1 aromatic heterocycles. The lowest BCUT2D eigenvalue weighted by atomic mass is 10.3. The molecule has 1 N–H and O–H groups in total. The van der Waals surface area contributed by atoms with Crippen molar-refractivity contribution in [1.82, 2.24) is 15.5 Å². The highest BCUT2D eigenvalue weighted by molar-refractivity contribution is 5.54. The minimum atomic E-state index is 0.481. The summed E-state index contributed by atoms with van der Waals surface area (Å²) in [4.78, 5) is 1.85. The highest BCUT2D eigenvalue weighted by Gasteiger charge is 2.11. The fourth-order valence-electron chi connectivity index (χ4n) is 1.58. The van der Waals surface area contributed by atoms with Crippen LogP contribution in [-0.2, 0) is 11.3 Å². The van der Waals surface area contributed by atoms with E-state index in [0.717, 1.165) is 12.2 Å². The summed E-state index contributed by atoms with van der Waals surface area (Å²) in [5.41, 5.74) is 1.00. The number of aromatic nitrogens is 2. The maximum absolute atomic E-state index is 5.58. The molecule has 1 heterocycles. The molecule has 0 saturated carbocycles. The van der Waals surface area contributed by atoms with Crippen molar-refractivity contribution in [3.8, 4) is 0 Å². The van der Waals surface area contributed by atoms with E-state index in [1.165, 1.54) is 0 Å². The molecule has 0 saturated heterocycles. The van der Waals surface area contributed by atoms with Crippen molar-refractivity contribution in [3.63, 3.8) is 0 Å². The molecule has 19 heavy (non-hydrogen) atoms. The maximum Gasteiger partial charge on any atom is 0.322 e. The van der Waals surface area contributed by atoms with Crippen LogP contribution < -0.4 is 10.2 Å². The summed E-state index contributed by atoms with van der Waals surface area (Å²) in [6, 6.07) is 10.4. The first kappa shape index (κ1) is 13.5. The van der Waals surface area contributed by atoms with Gasteiger partial charge in [-0.1, -0.05) is 23.3 Å². The normalized spacial score (nSPS) is 10.6. The highest BCUT2D eigenvalue weighted by atomic mass is 16.5. The second-order valence-electron chi connectivity index (χ2n) is 4.04. The van der Waals surface area contributed by atoms with Crippen molar-refractivity contribution >= 4 is 11.7 Å². The molecule has 0 amide bonds. The largest absolute Gasteiger partial charge is 0.406 e. The average molecular weight is 262 g/mol. The third-order valence-electron chi connectivity index (χ3n) is 2.65. The minimum Gasteiger partial charge on any atom is -0.406 e. The second kappa shape index (κ2) is 6.86. The summed E-state index contributed by atoms with van der Waals surface area (Å²) in [7, 11) is 3.56. The van der Waals surface area contributed by atoms with Gasteiger partial charge in [0.05, 0.1) is 13.2 Å². The van der Waals surface area contributed by atoms with Crippen molar-refractivity contribution < 1.29 is 9.15 Å².